The highest BCUT2D eigenvalue weighted by Gasteiger charge is 2.21. The molecule has 0 bridgehead atoms. The molecule has 2 aromatic rings. The molecular weight excluding hydrogens is 312 g/mol. The van der Waals surface area contributed by atoms with Crippen LogP contribution in [0.2, 0.25) is 0 Å². The van der Waals surface area contributed by atoms with Crippen molar-refractivity contribution in [2.24, 2.45) is 0 Å². The number of aromatic nitrogens is 1. The molecule has 0 aliphatic rings. The minimum Gasteiger partial charge on any atom is -0.494 e. The monoisotopic (exact) mass is 334 g/mol. The van der Waals surface area contributed by atoms with Crippen LogP contribution in [0.15, 0.2) is 24.3 Å². The molecular formula is C17H22N2O3S. The molecule has 0 spiro atoms. The van der Waals surface area contributed by atoms with Crippen LogP contribution in [0.1, 0.15) is 32.9 Å². The number of aliphatic hydroxyl groups is 1. The number of ether oxygens (including phenoxy) is 1. The Morgan fingerprint density at radius 2 is 2.17 bits per heavy atom. The van der Waals surface area contributed by atoms with Crippen LogP contribution in [-0.2, 0) is 6.54 Å². The summed E-state index contributed by atoms with van der Waals surface area (Å²) in [5, 5.41) is 10.2. The highest BCUT2D eigenvalue weighted by molar-refractivity contribution is 7.11. The van der Waals surface area contributed by atoms with Crippen LogP contribution in [0, 0.1) is 13.8 Å². The molecule has 0 saturated carbocycles. The van der Waals surface area contributed by atoms with Gasteiger partial charge in [-0.3, -0.25) is 4.79 Å². The maximum Gasteiger partial charge on any atom is 0.273 e. The minimum absolute atomic E-state index is 0.0843. The molecule has 124 valence electrons. The Balaban J connectivity index is 2.19. The first-order valence-electron chi connectivity index (χ1n) is 7.61. The maximum absolute atomic E-state index is 12.7. The van der Waals surface area contributed by atoms with Crippen LogP contribution >= 0.6 is 11.3 Å². The van der Waals surface area contributed by atoms with Crippen molar-refractivity contribution in [1.29, 1.82) is 0 Å². The molecule has 0 aliphatic carbocycles. The maximum atomic E-state index is 12.7. The smallest absolute Gasteiger partial charge is 0.273 e. The lowest BCUT2D eigenvalue weighted by atomic mass is 10.2. The summed E-state index contributed by atoms with van der Waals surface area (Å²) in [6.07, 6.45) is 0. The Bertz CT molecular complexity index is 670. The number of hydrogen-bond donors (Lipinski definition) is 1. The van der Waals surface area contributed by atoms with Gasteiger partial charge >= 0.3 is 0 Å². The van der Waals surface area contributed by atoms with E-state index in [4.69, 9.17) is 4.74 Å². The van der Waals surface area contributed by atoms with Gasteiger partial charge in [0.2, 0.25) is 0 Å². The topological polar surface area (TPSA) is 62.7 Å². The molecule has 0 atom stereocenters. The molecule has 6 heteroatoms. The first-order chi connectivity index (χ1) is 11.0. The SMILES string of the molecule is CCOc1cccc(CN(CCO)C(=O)c2nc(C)sc2C)c1. The van der Waals surface area contributed by atoms with Crippen molar-refractivity contribution >= 4 is 17.2 Å². The fourth-order valence-electron chi connectivity index (χ4n) is 2.37. The summed E-state index contributed by atoms with van der Waals surface area (Å²) in [6.45, 7) is 6.91. The minimum atomic E-state index is -0.150. The quantitative estimate of drug-likeness (QED) is 0.846. The predicted molar refractivity (Wildman–Crippen MR) is 91.0 cm³/mol. The van der Waals surface area contributed by atoms with E-state index in [9.17, 15) is 9.90 Å². The van der Waals surface area contributed by atoms with E-state index in [0.717, 1.165) is 21.2 Å². The molecule has 23 heavy (non-hydrogen) atoms. The van der Waals surface area contributed by atoms with Crippen LogP contribution < -0.4 is 4.74 Å². The number of rotatable bonds is 7. The Kier molecular flexibility index (Phi) is 6.12. The molecule has 1 N–H and O–H groups in total. The number of hydrogen-bond acceptors (Lipinski definition) is 5. The fourth-order valence-corrected chi connectivity index (χ4v) is 3.18. The van der Waals surface area contributed by atoms with Gasteiger partial charge in [0.15, 0.2) is 0 Å². The Morgan fingerprint density at radius 1 is 1.39 bits per heavy atom. The molecule has 1 heterocycles. The third-order valence-corrected chi connectivity index (χ3v) is 4.23. The zero-order valence-electron chi connectivity index (χ0n) is 13.7. The van der Waals surface area contributed by atoms with Gasteiger partial charge in [0.1, 0.15) is 11.4 Å². The van der Waals surface area contributed by atoms with Gasteiger partial charge in [-0.15, -0.1) is 11.3 Å². The first-order valence-corrected chi connectivity index (χ1v) is 8.42. The van der Waals surface area contributed by atoms with Crippen molar-refractivity contribution in [2.45, 2.75) is 27.3 Å². The van der Waals surface area contributed by atoms with Crippen molar-refractivity contribution in [3.05, 3.63) is 45.4 Å². The normalized spacial score (nSPS) is 10.6. The van der Waals surface area contributed by atoms with Crippen LogP contribution in [0.4, 0.5) is 0 Å². The van der Waals surface area contributed by atoms with Gasteiger partial charge in [0.25, 0.3) is 5.91 Å². The number of amides is 1. The summed E-state index contributed by atoms with van der Waals surface area (Å²) in [7, 11) is 0. The molecule has 1 amide bonds. The van der Waals surface area contributed by atoms with E-state index in [1.54, 1.807) is 4.90 Å². The lowest BCUT2D eigenvalue weighted by Crippen LogP contribution is -2.33. The van der Waals surface area contributed by atoms with E-state index in [1.807, 2.05) is 45.0 Å². The van der Waals surface area contributed by atoms with Crippen LogP contribution in [0.5, 0.6) is 5.75 Å². The van der Waals surface area contributed by atoms with Crippen molar-refractivity contribution in [1.82, 2.24) is 9.88 Å². The van der Waals surface area contributed by atoms with Gasteiger partial charge < -0.3 is 14.7 Å². The Morgan fingerprint density at radius 3 is 2.78 bits per heavy atom. The summed E-state index contributed by atoms with van der Waals surface area (Å²) < 4.78 is 5.49. The van der Waals surface area contributed by atoms with Gasteiger partial charge in [-0.05, 0) is 38.5 Å². The summed E-state index contributed by atoms with van der Waals surface area (Å²) >= 11 is 1.51. The molecule has 5 nitrogen and oxygen atoms in total. The van der Waals surface area contributed by atoms with E-state index in [-0.39, 0.29) is 19.1 Å². The second-order valence-electron chi connectivity index (χ2n) is 5.17. The standard InChI is InChI=1S/C17H22N2O3S/c1-4-22-15-7-5-6-14(10-15)11-19(8-9-20)17(21)16-12(2)23-13(3)18-16/h5-7,10,20H,4,8-9,11H2,1-3H3. The number of thiazole rings is 1. The highest BCUT2D eigenvalue weighted by atomic mass is 32.1. The number of carbonyl (C=O) groups excluding carboxylic acids is 1. The second-order valence-corrected chi connectivity index (χ2v) is 6.58. The number of aliphatic hydroxyl groups excluding tert-OH is 1. The Labute approximate surface area is 140 Å². The molecule has 2 rings (SSSR count). The second kappa shape index (κ2) is 8.08. The fraction of sp³-hybridized carbons (Fsp3) is 0.412. The highest BCUT2D eigenvalue weighted by Crippen LogP contribution is 2.20. The van der Waals surface area contributed by atoms with E-state index in [0.29, 0.717) is 18.8 Å². The molecule has 0 fully saturated rings. The molecule has 0 unspecified atom stereocenters. The molecule has 0 saturated heterocycles. The van der Waals surface area contributed by atoms with Crippen molar-refractivity contribution < 1.29 is 14.6 Å². The van der Waals surface area contributed by atoms with Crippen molar-refractivity contribution in [2.75, 3.05) is 19.8 Å². The number of nitrogens with zero attached hydrogens (tertiary/aromatic N) is 2. The van der Waals surface area contributed by atoms with E-state index < -0.39 is 0 Å². The van der Waals surface area contributed by atoms with Crippen molar-refractivity contribution in [3.8, 4) is 5.75 Å². The van der Waals surface area contributed by atoms with Gasteiger partial charge in [0.05, 0.1) is 18.2 Å². The Hall–Kier alpha value is -1.92. The molecule has 0 aliphatic heterocycles. The van der Waals surface area contributed by atoms with Crippen LogP contribution in [0.25, 0.3) is 0 Å². The lowest BCUT2D eigenvalue weighted by molar-refractivity contribution is 0.0701. The summed E-state index contributed by atoms with van der Waals surface area (Å²) in [6, 6.07) is 7.65. The van der Waals surface area contributed by atoms with E-state index in [2.05, 4.69) is 4.98 Å². The van der Waals surface area contributed by atoms with Crippen LogP contribution in [-0.4, -0.2) is 40.7 Å². The lowest BCUT2D eigenvalue weighted by Gasteiger charge is -2.21. The van der Waals surface area contributed by atoms with Gasteiger partial charge in [-0.25, -0.2) is 4.98 Å². The summed E-state index contributed by atoms with van der Waals surface area (Å²) in [4.78, 5) is 19.6. The first kappa shape index (κ1) is 17.4. The largest absolute Gasteiger partial charge is 0.494 e. The third kappa shape index (κ3) is 4.53. The van der Waals surface area contributed by atoms with E-state index in [1.165, 1.54) is 11.3 Å². The summed E-state index contributed by atoms with van der Waals surface area (Å²) in [5.41, 5.74) is 1.43. The molecule has 1 aromatic heterocycles. The zero-order valence-corrected chi connectivity index (χ0v) is 14.5. The average molecular weight is 334 g/mol. The zero-order chi connectivity index (χ0) is 16.8. The van der Waals surface area contributed by atoms with Gasteiger partial charge in [-0.1, -0.05) is 12.1 Å². The molecule has 0 radical (unpaired) electrons. The van der Waals surface area contributed by atoms with E-state index >= 15 is 0 Å². The number of aryl methyl sites for hydroxylation is 2. The summed E-state index contributed by atoms with van der Waals surface area (Å²) in [5.74, 6) is 0.629. The number of benzene rings is 1. The predicted octanol–water partition coefficient (Wildman–Crippen LogP) is 2.79. The average Bonchev–Trinajstić information content (AvgIpc) is 2.85. The van der Waals surface area contributed by atoms with Crippen molar-refractivity contribution in [3.63, 3.8) is 0 Å². The number of carbonyl (C=O) groups is 1. The van der Waals surface area contributed by atoms with Crippen LogP contribution in [0.3, 0.4) is 0 Å². The molecule has 1 aromatic carbocycles. The van der Waals surface area contributed by atoms with Gasteiger partial charge in [0, 0.05) is 18.0 Å². The van der Waals surface area contributed by atoms with Gasteiger partial charge in [-0.2, -0.15) is 0 Å². The third-order valence-electron chi connectivity index (χ3n) is 3.35.